The van der Waals surface area contributed by atoms with Gasteiger partial charge in [0.25, 0.3) is 5.91 Å². The second-order valence-electron chi connectivity index (χ2n) is 7.88. The zero-order chi connectivity index (χ0) is 20.2. The van der Waals surface area contributed by atoms with Crippen molar-refractivity contribution in [3.8, 4) is 5.75 Å². The van der Waals surface area contributed by atoms with Crippen molar-refractivity contribution in [3.63, 3.8) is 0 Å². The minimum atomic E-state index is -0.0623. The lowest BCUT2D eigenvalue weighted by Gasteiger charge is -2.39. The van der Waals surface area contributed by atoms with Crippen LogP contribution in [-0.4, -0.2) is 46.9 Å². The lowest BCUT2D eigenvalue weighted by molar-refractivity contribution is -0.135. The molecule has 6 nitrogen and oxygen atoms in total. The van der Waals surface area contributed by atoms with Gasteiger partial charge in [0, 0.05) is 42.5 Å². The summed E-state index contributed by atoms with van der Waals surface area (Å²) >= 11 is 0. The van der Waals surface area contributed by atoms with Gasteiger partial charge in [-0.25, -0.2) is 0 Å². The number of hydrogen-bond donors (Lipinski definition) is 1. The summed E-state index contributed by atoms with van der Waals surface area (Å²) in [5.74, 6) is 0.982. The van der Waals surface area contributed by atoms with Gasteiger partial charge in [-0.15, -0.1) is 0 Å². The third kappa shape index (κ3) is 4.26. The molecule has 0 aliphatic carbocycles. The molecule has 2 aliphatic heterocycles. The number of benzene rings is 1. The largest absolute Gasteiger partial charge is 0.496 e. The van der Waals surface area contributed by atoms with Crippen LogP contribution in [0.1, 0.15) is 48.0 Å². The van der Waals surface area contributed by atoms with Gasteiger partial charge in [0.2, 0.25) is 5.91 Å². The molecule has 1 N–H and O–H groups in total. The number of nitrogens with zero attached hydrogens (tertiary/aromatic N) is 2. The number of piperidine rings is 1. The first-order valence-electron chi connectivity index (χ1n) is 10.3. The van der Waals surface area contributed by atoms with Gasteiger partial charge in [0.05, 0.1) is 7.11 Å². The van der Waals surface area contributed by atoms with E-state index in [1.165, 1.54) is 0 Å². The Hall–Kier alpha value is -2.89. The Morgan fingerprint density at radius 1 is 1.10 bits per heavy atom. The molecule has 4 rings (SSSR count). The van der Waals surface area contributed by atoms with Crippen LogP contribution in [-0.2, 0) is 11.2 Å². The van der Waals surface area contributed by atoms with Crippen LogP contribution in [0.5, 0.6) is 5.75 Å². The average Bonchev–Trinajstić information content (AvgIpc) is 3.03. The molecule has 3 heterocycles. The first kappa shape index (κ1) is 19.4. The zero-order valence-corrected chi connectivity index (χ0v) is 16.7. The highest BCUT2D eigenvalue weighted by atomic mass is 16.5. The third-order valence-corrected chi connectivity index (χ3v) is 6.10. The molecular weight excluding hydrogens is 366 g/mol. The highest BCUT2D eigenvalue weighted by molar-refractivity contribution is 5.94. The number of methoxy groups -OCH3 is 1. The molecule has 0 radical (unpaired) electrons. The summed E-state index contributed by atoms with van der Waals surface area (Å²) in [6, 6.07) is 11.9. The zero-order valence-electron chi connectivity index (χ0n) is 16.7. The van der Waals surface area contributed by atoms with Gasteiger partial charge in [0.15, 0.2) is 0 Å². The van der Waals surface area contributed by atoms with E-state index in [9.17, 15) is 9.59 Å². The third-order valence-electron chi connectivity index (χ3n) is 6.10. The maximum absolute atomic E-state index is 13.0. The molecule has 2 fully saturated rings. The maximum Gasteiger partial charge on any atom is 0.251 e. The number of rotatable bonds is 6. The van der Waals surface area contributed by atoms with E-state index in [0.717, 1.165) is 37.0 Å². The topological polar surface area (TPSA) is 71.5 Å². The number of carbonyl (C=O) groups excluding carboxylic acids is 2. The van der Waals surface area contributed by atoms with Crippen molar-refractivity contribution in [2.75, 3.05) is 7.11 Å². The van der Waals surface area contributed by atoms with Crippen LogP contribution in [0.4, 0.5) is 0 Å². The van der Waals surface area contributed by atoms with Gasteiger partial charge in [-0.3, -0.25) is 14.6 Å². The summed E-state index contributed by atoms with van der Waals surface area (Å²) in [4.78, 5) is 31.5. The molecule has 3 atom stereocenters. The van der Waals surface area contributed by atoms with Crippen molar-refractivity contribution < 1.29 is 14.3 Å². The maximum atomic E-state index is 13.0. The second-order valence-corrected chi connectivity index (χ2v) is 7.88. The molecule has 2 aromatic rings. The number of fused-ring (bicyclic) bond motifs is 2. The SMILES string of the molecule is COc1ccccc1CCC(=O)N1[C@@H]2CC[C@H]1CC(NC(=O)c1ccncc1)C2. The number of ether oxygens (including phenoxy) is 1. The standard InChI is InChI=1S/C23H27N3O3/c1-29-21-5-3-2-4-16(21)6-9-22(27)26-19-7-8-20(26)15-18(14-19)25-23(28)17-10-12-24-13-11-17/h2-5,10-13,18-20H,6-9,14-15H2,1H3,(H,25,28)/t18?,19-,20+. The number of para-hydroxylation sites is 1. The van der Waals surface area contributed by atoms with Crippen LogP contribution < -0.4 is 10.1 Å². The van der Waals surface area contributed by atoms with Crippen LogP contribution in [0, 0.1) is 0 Å². The number of aromatic nitrogens is 1. The molecular formula is C23H27N3O3. The molecule has 2 aliphatic rings. The first-order valence-corrected chi connectivity index (χ1v) is 10.3. The highest BCUT2D eigenvalue weighted by Crippen LogP contribution is 2.36. The molecule has 1 unspecified atom stereocenters. The van der Waals surface area contributed by atoms with Gasteiger partial charge in [-0.1, -0.05) is 18.2 Å². The molecule has 1 aromatic heterocycles. The van der Waals surface area contributed by atoms with Crippen molar-refractivity contribution in [3.05, 3.63) is 59.9 Å². The lowest BCUT2D eigenvalue weighted by atomic mass is 9.96. The van der Waals surface area contributed by atoms with Crippen LogP contribution >= 0.6 is 0 Å². The molecule has 0 spiro atoms. The number of pyridine rings is 1. The predicted molar refractivity (Wildman–Crippen MR) is 110 cm³/mol. The monoisotopic (exact) mass is 393 g/mol. The smallest absolute Gasteiger partial charge is 0.251 e. The van der Waals surface area contributed by atoms with Crippen LogP contribution in [0.2, 0.25) is 0 Å². The Morgan fingerprint density at radius 3 is 2.48 bits per heavy atom. The van der Waals surface area contributed by atoms with E-state index in [1.807, 2.05) is 24.3 Å². The summed E-state index contributed by atoms with van der Waals surface area (Å²) in [6.45, 7) is 0. The van der Waals surface area contributed by atoms with E-state index in [2.05, 4.69) is 15.2 Å². The van der Waals surface area contributed by atoms with E-state index < -0.39 is 0 Å². The van der Waals surface area contributed by atoms with E-state index >= 15 is 0 Å². The van der Waals surface area contributed by atoms with E-state index in [4.69, 9.17) is 4.74 Å². The summed E-state index contributed by atoms with van der Waals surface area (Å²) in [5.41, 5.74) is 1.69. The fraction of sp³-hybridized carbons (Fsp3) is 0.435. The number of aryl methyl sites for hydroxylation is 1. The molecule has 152 valence electrons. The van der Waals surface area contributed by atoms with Crippen LogP contribution in [0.3, 0.4) is 0 Å². The predicted octanol–water partition coefficient (Wildman–Crippen LogP) is 2.97. The highest BCUT2D eigenvalue weighted by Gasteiger charge is 2.43. The fourth-order valence-electron chi connectivity index (χ4n) is 4.75. The van der Waals surface area contributed by atoms with Gasteiger partial charge in [0.1, 0.15) is 5.75 Å². The lowest BCUT2D eigenvalue weighted by Crippen LogP contribution is -2.52. The minimum absolute atomic E-state index is 0.0623. The molecule has 2 amide bonds. The Bertz CT molecular complexity index is 857. The van der Waals surface area contributed by atoms with Crippen LogP contribution in [0.15, 0.2) is 48.8 Å². The average molecular weight is 393 g/mol. The van der Waals surface area contributed by atoms with E-state index in [-0.39, 0.29) is 29.9 Å². The van der Waals surface area contributed by atoms with Crippen molar-refractivity contribution in [1.82, 2.24) is 15.2 Å². The molecule has 6 heteroatoms. The summed E-state index contributed by atoms with van der Waals surface area (Å²) in [5, 5.41) is 3.15. The van der Waals surface area contributed by atoms with Gasteiger partial charge < -0.3 is 15.0 Å². The first-order chi connectivity index (χ1) is 14.2. The summed E-state index contributed by atoms with van der Waals surface area (Å²) < 4.78 is 5.40. The molecule has 2 bridgehead atoms. The summed E-state index contributed by atoms with van der Waals surface area (Å²) in [6.07, 6.45) is 8.12. The van der Waals surface area contributed by atoms with Crippen LogP contribution in [0.25, 0.3) is 0 Å². The number of nitrogens with one attached hydrogen (secondary N) is 1. The fourth-order valence-corrected chi connectivity index (χ4v) is 4.75. The van der Waals surface area contributed by atoms with E-state index in [1.54, 1.807) is 31.6 Å². The Kier molecular flexibility index (Phi) is 5.79. The van der Waals surface area contributed by atoms with E-state index in [0.29, 0.717) is 18.4 Å². The van der Waals surface area contributed by atoms with Crippen molar-refractivity contribution in [1.29, 1.82) is 0 Å². The normalized spacial score (nSPS) is 22.9. The minimum Gasteiger partial charge on any atom is -0.496 e. The van der Waals surface area contributed by atoms with Crippen molar-refractivity contribution >= 4 is 11.8 Å². The Morgan fingerprint density at radius 2 is 1.79 bits per heavy atom. The number of carbonyl (C=O) groups is 2. The second kappa shape index (κ2) is 8.64. The van der Waals surface area contributed by atoms with Crippen molar-refractivity contribution in [2.45, 2.75) is 56.7 Å². The number of amides is 2. The molecule has 0 saturated carbocycles. The van der Waals surface area contributed by atoms with Crippen molar-refractivity contribution in [2.24, 2.45) is 0 Å². The molecule has 2 saturated heterocycles. The summed E-state index contributed by atoms with van der Waals surface area (Å²) in [7, 11) is 1.66. The van der Waals surface area contributed by atoms with Gasteiger partial charge >= 0.3 is 0 Å². The quantitative estimate of drug-likeness (QED) is 0.819. The number of hydrogen-bond acceptors (Lipinski definition) is 4. The Balaban J connectivity index is 1.34. The van der Waals surface area contributed by atoms with Gasteiger partial charge in [-0.2, -0.15) is 0 Å². The molecule has 29 heavy (non-hydrogen) atoms. The Labute approximate surface area is 171 Å². The molecule has 1 aromatic carbocycles. The van der Waals surface area contributed by atoms with Gasteiger partial charge in [-0.05, 0) is 55.9 Å².